The summed E-state index contributed by atoms with van der Waals surface area (Å²) in [7, 11) is 0. The Labute approximate surface area is 87.1 Å². The summed E-state index contributed by atoms with van der Waals surface area (Å²) in [5.74, 6) is -2.87. The van der Waals surface area contributed by atoms with Gasteiger partial charge in [0, 0.05) is 13.0 Å². The molecule has 0 saturated heterocycles. The number of nitrogens with two attached hydrogens (primary N) is 1. The average molecular weight is 222 g/mol. The van der Waals surface area contributed by atoms with Crippen molar-refractivity contribution in [3.63, 3.8) is 0 Å². The zero-order valence-corrected chi connectivity index (χ0v) is 9.06. The fraction of sp³-hybridized carbons (Fsp3) is 0.889. The number of hydrogen-bond donors (Lipinski definition) is 2. The van der Waals surface area contributed by atoms with Crippen LogP contribution in [0, 0.1) is 0 Å². The van der Waals surface area contributed by atoms with Crippen molar-refractivity contribution in [1.29, 1.82) is 0 Å². The Morgan fingerprint density at radius 3 is 2.33 bits per heavy atom. The summed E-state index contributed by atoms with van der Waals surface area (Å²) < 4.78 is 30.2. The molecule has 4 nitrogen and oxygen atoms in total. The number of hydrogen-bond acceptors (Lipinski definition) is 3. The van der Waals surface area contributed by atoms with Crippen LogP contribution in [0.2, 0.25) is 0 Å². The largest absolute Gasteiger partial charge is 0.444 e. The molecule has 0 heterocycles. The minimum atomic E-state index is -2.87. The van der Waals surface area contributed by atoms with Gasteiger partial charge in [-0.3, -0.25) is 0 Å². The van der Waals surface area contributed by atoms with E-state index in [0.717, 1.165) is 0 Å². The molecule has 0 aromatic carbocycles. The monoisotopic (exact) mass is 222 g/mol. The van der Waals surface area contributed by atoms with Crippen LogP contribution >= 0.6 is 0 Å². The van der Waals surface area contributed by atoms with E-state index in [1.54, 1.807) is 20.8 Å². The maximum Gasteiger partial charge on any atom is 0.407 e. The maximum absolute atomic E-state index is 12.7. The molecule has 88 valence electrons. The van der Waals surface area contributed by atoms with Crippen LogP contribution in [0.3, 0.4) is 0 Å². The molecule has 1 fully saturated rings. The van der Waals surface area contributed by atoms with Gasteiger partial charge in [-0.2, -0.15) is 0 Å². The lowest BCUT2D eigenvalue weighted by Gasteiger charge is -2.20. The van der Waals surface area contributed by atoms with E-state index in [1.165, 1.54) is 0 Å². The van der Waals surface area contributed by atoms with Crippen molar-refractivity contribution in [2.75, 3.05) is 6.54 Å². The van der Waals surface area contributed by atoms with Crippen molar-refractivity contribution in [3.05, 3.63) is 0 Å². The standard InChI is InChI=1S/C9H16F2N2O2/c1-7(2,3)15-6(14)13-5-8(12)4-9(8,10)11/h4-5,12H2,1-3H3,(H,13,14). The third-order valence-electron chi connectivity index (χ3n) is 2.09. The Bertz CT molecular complexity index is 276. The summed E-state index contributed by atoms with van der Waals surface area (Å²) in [6.07, 6.45) is -1.12. The number of alkyl halides is 2. The minimum Gasteiger partial charge on any atom is -0.444 e. The van der Waals surface area contributed by atoms with Gasteiger partial charge < -0.3 is 15.8 Å². The number of carbonyl (C=O) groups is 1. The fourth-order valence-electron chi connectivity index (χ4n) is 1.09. The number of amides is 1. The smallest absolute Gasteiger partial charge is 0.407 e. The molecule has 1 amide bonds. The zero-order valence-electron chi connectivity index (χ0n) is 9.06. The number of nitrogens with one attached hydrogen (secondary N) is 1. The molecule has 3 N–H and O–H groups in total. The topological polar surface area (TPSA) is 64.3 Å². The van der Waals surface area contributed by atoms with Crippen molar-refractivity contribution in [2.24, 2.45) is 5.73 Å². The number of rotatable bonds is 2. The first-order chi connectivity index (χ1) is 6.56. The van der Waals surface area contributed by atoms with Gasteiger partial charge in [0.05, 0.1) is 0 Å². The Morgan fingerprint density at radius 1 is 1.53 bits per heavy atom. The molecule has 6 heteroatoms. The van der Waals surface area contributed by atoms with Crippen LogP contribution in [0.15, 0.2) is 0 Å². The first kappa shape index (κ1) is 12.2. The summed E-state index contributed by atoms with van der Waals surface area (Å²) in [5, 5.41) is 2.23. The minimum absolute atomic E-state index is 0.269. The van der Waals surface area contributed by atoms with E-state index in [9.17, 15) is 13.6 Å². The van der Waals surface area contributed by atoms with Crippen LogP contribution in [0.4, 0.5) is 13.6 Å². The predicted octanol–water partition coefficient (Wildman–Crippen LogP) is 1.25. The molecule has 1 atom stereocenters. The van der Waals surface area contributed by atoms with Crippen molar-refractivity contribution in [3.8, 4) is 0 Å². The lowest BCUT2D eigenvalue weighted by atomic mass is 10.2. The molecular weight excluding hydrogens is 206 g/mol. The van der Waals surface area contributed by atoms with Gasteiger partial charge >= 0.3 is 6.09 Å². The highest BCUT2D eigenvalue weighted by atomic mass is 19.3. The van der Waals surface area contributed by atoms with Gasteiger partial charge in [0.15, 0.2) is 0 Å². The van der Waals surface area contributed by atoms with Crippen molar-refractivity contribution >= 4 is 6.09 Å². The molecule has 0 aromatic heterocycles. The second kappa shape index (κ2) is 3.30. The summed E-state index contributed by atoms with van der Waals surface area (Å²) in [6, 6.07) is 0. The van der Waals surface area contributed by atoms with Gasteiger partial charge in [-0.1, -0.05) is 0 Å². The Kier molecular flexibility index (Phi) is 2.67. The second-order valence-corrected chi connectivity index (χ2v) is 4.89. The van der Waals surface area contributed by atoms with E-state index in [2.05, 4.69) is 5.32 Å². The van der Waals surface area contributed by atoms with E-state index in [4.69, 9.17) is 10.5 Å². The summed E-state index contributed by atoms with van der Waals surface area (Å²) in [5.41, 5.74) is 3.08. The Balaban J connectivity index is 2.31. The molecule has 1 unspecified atom stereocenters. The van der Waals surface area contributed by atoms with Gasteiger partial charge in [-0.05, 0) is 20.8 Å². The van der Waals surface area contributed by atoms with Crippen molar-refractivity contribution in [2.45, 2.75) is 44.3 Å². The molecule has 15 heavy (non-hydrogen) atoms. The molecule has 0 spiro atoms. The second-order valence-electron chi connectivity index (χ2n) is 4.89. The van der Waals surface area contributed by atoms with Crippen molar-refractivity contribution in [1.82, 2.24) is 5.32 Å². The van der Waals surface area contributed by atoms with Gasteiger partial charge in [0.1, 0.15) is 11.1 Å². The summed E-state index contributed by atoms with van der Waals surface area (Å²) >= 11 is 0. The van der Waals surface area contributed by atoms with Crippen LogP contribution in [0.25, 0.3) is 0 Å². The predicted molar refractivity (Wildman–Crippen MR) is 50.7 cm³/mol. The lowest BCUT2D eigenvalue weighted by molar-refractivity contribution is 0.0497. The first-order valence-corrected chi connectivity index (χ1v) is 4.69. The van der Waals surface area contributed by atoms with E-state index in [-0.39, 0.29) is 6.54 Å². The average Bonchev–Trinajstić information content (AvgIpc) is 2.44. The molecule has 1 rings (SSSR count). The summed E-state index contributed by atoms with van der Waals surface area (Å²) in [6.45, 7) is 4.80. The highest BCUT2D eigenvalue weighted by Crippen LogP contribution is 2.50. The Morgan fingerprint density at radius 2 is 2.00 bits per heavy atom. The van der Waals surface area contributed by atoms with Crippen molar-refractivity contribution < 1.29 is 18.3 Å². The fourth-order valence-corrected chi connectivity index (χ4v) is 1.09. The number of alkyl carbamates (subject to hydrolysis) is 1. The lowest BCUT2D eigenvalue weighted by Crippen LogP contribution is -2.44. The SMILES string of the molecule is CC(C)(C)OC(=O)NCC1(N)CC1(F)F. The highest BCUT2D eigenvalue weighted by molar-refractivity contribution is 5.68. The van der Waals surface area contributed by atoms with Gasteiger partial charge in [0.25, 0.3) is 5.92 Å². The molecule has 1 aliphatic carbocycles. The van der Waals surface area contributed by atoms with Crippen LogP contribution < -0.4 is 11.1 Å². The van der Waals surface area contributed by atoms with Crippen LogP contribution in [-0.2, 0) is 4.74 Å². The van der Waals surface area contributed by atoms with Gasteiger partial charge in [-0.25, -0.2) is 13.6 Å². The molecule has 1 aliphatic rings. The van der Waals surface area contributed by atoms with Gasteiger partial charge in [0.2, 0.25) is 0 Å². The number of carbonyl (C=O) groups excluding carboxylic acids is 1. The molecule has 0 aromatic rings. The number of halogens is 2. The molecule has 0 radical (unpaired) electrons. The highest BCUT2D eigenvalue weighted by Gasteiger charge is 2.69. The van der Waals surface area contributed by atoms with Crippen LogP contribution in [0.1, 0.15) is 27.2 Å². The summed E-state index contributed by atoms with van der Waals surface area (Å²) in [4.78, 5) is 11.1. The third-order valence-corrected chi connectivity index (χ3v) is 2.09. The number of ether oxygens (including phenoxy) is 1. The molecular formula is C9H16F2N2O2. The quantitative estimate of drug-likeness (QED) is 0.739. The zero-order chi connectivity index (χ0) is 11.9. The Hall–Kier alpha value is -0.910. The first-order valence-electron chi connectivity index (χ1n) is 4.69. The van der Waals surface area contributed by atoms with E-state index < -0.39 is 29.6 Å². The van der Waals surface area contributed by atoms with E-state index >= 15 is 0 Å². The van der Waals surface area contributed by atoms with E-state index in [1.807, 2.05) is 0 Å². The maximum atomic E-state index is 12.7. The van der Waals surface area contributed by atoms with Crippen LogP contribution in [-0.4, -0.2) is 29.7 Å². The molecule has 0 bridgehead atoms. The normalized spacial score (nSPS) is 28.4. The van der Waals surface area contributed by atoms with Crippen LogP contribution in [0.5, 0.6) is 0 Å². The third kappa shape index (κ3) is 3.02. The molecule has 1 saturated carbocycles. The van der Waals surface area contributed by atoms with E-state index in [0.29, 0.717) is 0 Å². The molecule has 0 aliphatic heterocycles. The van der Waals surface area contributed by atoms with Gasteiger partial charge in [-0.15, -0.1) is 0 Å².